The van der Waals surface area contributed by atoms with Crippen molar-refractivity contribution in [2.45, 2.75) is 0 Å². The zero-order chi connectivity index (χ0) is 4.50. The van der Waals surface area contributed by atoms with Crippen molar-refractivity contribution in [1.29, 1.82) is 0 Å². The standard InChI is InChI=1S/Ba.K.H4O4Si.3H/c;;1-5(2,3)4;;;/h;;1-4H;;;. The van der Waals surface area contributed by atoms with Crippen LogP contribution in [0, 0.1) is 0 Å². The molecule has 0 aliphatic carbocycles. The minimum absolute atomic E-state index is 0. The number of hydrogen-bond acceptors (Lipinski definition) is 4. The van der Waals surface area contributed by atoms with Gasteiger partial charge in [-0.3, -0.25) is 0 Å². The second-order valence-electron chi connectivity index (χ2n) is 0.600. The molecule has 0 atom stereocenters. The molecule has 0 aromatic heterocycles. The molecule has 0 fully saturated rings. The van der Waals surface area contributed by atoms with Crippen LogP contribution in [-0.2, 0) is 0 Å². The van der Waals surface area contributed by atoms with Crippen LogP contribution in [0.3, 0.4) is 0 Å². The molecule has 0 aliphatic heterocycles. The number of hydrogen-bond donors (Lipinski definition) is 4. The molecule has 0 heterocycles. The Morgan fingerprint density at radius 1 is 0.857 bits per heavy atom. The molecule has 0 aromatic rings. The average molecular weight is 276 g/mol. The van der Waals surface area contributed by atoms with Crippen LogP contribution in [-0.4, -0.2) is 128 Å². The molecule has 0 unspecified atom stereocenters. The third-order valence-corrected chi connectivity index (χ3v) is 0. The van der Waals surface area contributed by atoms with Crippen LogP contribution in [0.25, 0.3) is 0 Å². The third kappa shape index (κ3) is 45.9. The first-order valence-corrected chi connectivity index (χ1v) is 2.68. The first-order chi connectivity index (χ1) is 2.00. The van der Waals surface area contributed by atoms with E-state index in [1.165, 1.54) is 0 Å². The van der Waals surface area contributed by atoms with Gasteiger partial charge in [0.15, 0.2) is 0 Å². The molecule has 7 heteroatoms. The summed E-state index contributed by atoms with van der Waals surface area (Å²) in [6, 6.07) is 0. The van der Waals surface area contributed by atoms with Crippen LogP contribution in [0.1, 0.15) is 0 Å². The van der Waals surface area contributed by atoms with Crippen molar-refractivity contribution in [3.63, 3.8) is 0 Å². The van der Waals surface area contributed by atoms with Gasteiger partial charge in [-0.2, -0.15) is 0 Å². The van der Waals surface area contributed by atoms with E-state index in [2.05, 4.69) is 0 Å². The van der Waals surface area contributed by atoms with Gasteiger partial charge in [-0.25, -0.2) is 0 Å². The molecule has 7 heavy (non-hydrogen) atoms. The van der Waals surface area contributed by atoms with Gasteiger partial charge in [0.1, 0.15) is 0 Å². The zero-order valence-electron chi connectivity index (χ0n) is 2.29. The van der Waals surface area contributed by atoms with E-state index in [9.17, 15) is 0 Å². The summed E-state index contributed by atoms with van der Waals surface area (Å²) in [5, 5.41) is 0. The Balaban J connectivity index is -0.0000000800. The summed E-state index contributed by atoms with van der Waals surface area (Å²) in [6.45, 7) is 0. The molecule has 0 bridgehead atoms. The summed E-state index contributed by atoms with van der Waals surface area (Å²) in [5.41, 5.74) is 0. The van der Waals surface area contributed by atoms with Crippen LogP contribution >= 0.6 is 0 Å². The molecule has 38 valence electrons. The fraction of sp³-hybridized carbons (Fsp3) is 0. The molecule has 4 N–H and O–H groups in total. The van der Waals surface area contributed by atoms with Gasteiger partial charge in [-0.05, 0) is 0 Å². The second-order valence-corrected chi connectivity index (χ2v) is 1.80. The van der Waals surface area contributed by atoms with Gasteiger partial charge in [0.25, 0.3) is 0 Å². The average Bonchev–Trinajstić information content (AvgIpc) is 0.722. The zero-order valence-corrected chi connectivity index (χ0v) is 3.29. The number of rotatable bonds is 0. The van der Waals surface area contributed by atoms with Gasteiger partial charge < -0.3 is 19.2 Å². The molecular weight excluding hydrogens is 269 g/mol. The van der Waals surface area contributed by atoms with E-state index in [-0.39, 0.29) is 100 Å². The van der Waals surface area contributed by atoms with Gasteiger partial charge in [-0.1, -0.05) is 0 Å². The Bertz CT molecular complexity index is 27.2. The van der Waals surface area contributed by atoms with Crippen LogP contribution in [0.2, 0.25) is 0 Å². The first kappa shape index (κ1) is 16.7. The van der Waals surface area contributed by atoms with Crippen molar-refractivity contribution in [2.24, 2.45) is 0 Å². The summed E-state index contributed by atoms with van der Waals surface area (Å²) in [7, 11) is -4.61. The van der Waals surface area contributed by atoms with Crippen LogP contribution < -0.4 is 0 Å². The van der Waals surface area contributed by atoms with Crippen molar-refractivity contribution < 1.29 is 19.2 Å². The molecule has 0 spiro atoms. The van der Waals surface area contributed by atoms with Crippen LogP contribution in [0.5, 0.6) is 0 Å². The van der Waals surface area contributed by atoms with E-state index in [4.69, 9.17) is 19.2 Å². The van der Waals surface area contributed by atoms with Gasteiger partial charge in [0.2, 0.25) is 0 Å². The molecule has 0 saturated heterocycles. The van der Waals surface area contributed by atoms with Crippen molar-refractivity contribution in [3.8, 4) is 0 Å². The van der Waals surface area contributed by atoms with E-state index in [1.54, 1.807) is 0 Å². The molecule has 0 radical (unpaired) electrons. The Hall–Kier alpha value is 3.26. The van der Waals surface area contributed by atoms with E-state index < -0.39 is 9.05 Å². The second kappa shape index (κ2) is 7.37. The molecular formula is H7BaKO4Si. The van der Waals surface area contributed by atoms with E-state index in [0.717, 1.165) is 0 Å². The molecule has 0 saturated carbocycles. The van der Waals surface area contributed by atoms with Gasteiger partial charge in [0.05, 0.1) is 0 Å². The van der Waals surface area contributed by atoms with Crippen molar-refractivity contribution >= 4 is 109 Å². The van der Waals surface area contributed by atoms with Crippen molar-refractivity contribution in [3.05, 3.63) is 0 Å². The Kier molecular flexibility index (Phi) is 17.6. The maximum absolute atomic E-state index is 7.33. The van der Waals surface area contributed by atoms with Gasteiger partial charge in [-0.15, -0.1) is 0 Å². The molecule has 4 nitrogen and oxygen atoms in total. The van der Waals surface area contributed by atoms with Crippen LogP contribution in [0.4, 0.5) is 0 Å². The van der Waals surface area contributed by atoms with Gasteiger partial charge >= 0.3 is 109 Å². The Labute approximate surface area is 125 Å². The SMILES string of the molecule is O[Si](O)(O)O.[BaH2].[KH]. The summed E-state index contributed by atoms with van der Waals surface area (Å²) in [5.74, 6) is 0. The molecule has 0 rings (SSSR count). The first-order valence-electron chi connectivity index (χ1n) is 0.894. The monoisotopic (exact) mass is 276 g/mol. The van der Waals surface area contributed by atoms with Crippen molar-refractivity contribution in [1.82, 2.24) is 0 Å². The maximum atomic E-state index is 7.33. The predicted octanol–water partition coefficient (Wildman–Crippen LogP) is -4.17. The van der Waals surface area contributed by atoms with Crippen molar-refractivity contribution in [2.75, 3.05) is 0 Å². The fourth-order valence-corrected chi connectivity index (χ4v) is 0. The normalized spacial score (nSPS) is 8.57. The van der Waals surface area contributed by atoms with Gasteiger partial charge in [0, 0.05) is 0 Å². The minimum atomic E-state index is -4.61. The van der Waals surface area contributed by atoms with Crippen LogP contribution in [0.15, 0.2) is 0 Å². The molecule has 0 aliphatic rings. The Morgan fingerprint density at radius 2 is 0.857 bits per heavy atom. The Morgan fingerprint density at radius 3 is 0.857 bits per heavy atom. The third-order valence-electron chi connectivity index (χ3n) is 0. The summed E-state index contributed by atoms with van der Waals surface area (Å²) in [6.07, 6.45) is 0. The fourth-order valence-electron chi connectivity index (χ4n) is 0. The quantitative estimate of drug-likeness (QED) is 0.338. The van der Waals surface area contributed by atoms with E-state index in [0.29, 0.717) is 0 Å². The predicted molar refractivity (Wildman–Crippen MR) is 30.3 cm³/mol. The summed E-state index contributed by atoms with van der Waals surface area (Å²) in [4.78, 5) is 29.3. The molecule has 0 amide bonds. The summed E-state index contributed by atoms with van der Waals surface area (Å²) < 4.78 is 0. The summed E-state index contributed by atoms with van der Waals surface area (Å²) >= 11 is 0. The molecule has 0 aromatic carbocycles. The van der Waals surface area contributed by atoms with E-state index in [1.807, 2.05) is 0 Å². The van der Waals surface area contributed by atoms with E-state index >= 15 is 0 Å². The topological polar surface area (TPSA) is 80.9 Å².